The summed E-state index contributed by atoms with van der Waals surface area (Å²) >= 11 is 0. The standard InChI is InChI=1S/C21H22FN3O2/c22-17-8-5-12(10-19(17)25-14-7-6-13(11-14)21(25)27)9-18-15-3-1-2-4-16(15)20(26)24-23-18/h5,8,10,13-14H,1-4,6-7,9,11H2,(H,24,26). The van der Waals surface area contributed by atoms with Crippen LogP contribution in [0.5, 0.6) is 0 Å². The minimum atomic E-state index is -0.351. The average Bonchev–Trinajstić information content (AvgIpc) is 3.27. The van der Waals surface area contributed by atoms with Crippen molar-refractivity contribution in [3.05, 3.63) is 56.8 Å². The zero-order valence-corrected chi connectivity index (χ0v) is 15.1. The summed E-state index contributed by atoms with van der Waals surface area (Å²) in [4.78, 5) is 26.2. The highest BCUT2D eigenvalue weighted by atomic mass is 19.1. The minimum absolute atomic E-state index is 0.0573. The molecule has 2 atom stereocenters. The van der Waals surface area contributed by atoms with Gasteiger partial charge in [0.15, 0.2) is 0 Å². The number of aromatic amines is 1. The van der Waals surface area contributed by atoms with Crippen LogP contribution in [0.15, 0.2) is 23.0 Å². The van der Waals surface area contributed by atoms with Gasteiger partial charge >= 0.3 is 0 Å². The number of halogens is 1. The number of H-pyrrole nitrogens is 1. The van der Waals surface area contributed by atoms with Crippen LogP contribution in [0, 0.1) is 11.7 Å². The normalized spacial score (nSPS) is 23.7. The quantitative estimate of drug-likeness (QED) is 0.907. The fourth-order valence-corrected chi connectivity index (χ4v) is 5.03. The molecule has 2 unspecified atom stereocenters. The monoisotopic (exact) mass is 367 g/mol. The number of aromatic nitrogens is 2. The lowest BCUT2D eigenvalue weighted by Gasteiger charge is -2.28. The molecule has 6 heteroatoms. The molecule has 140 valence electrons. The zero-order chi connectivity index (χ0) is 18.5. The van der Waals surface area contributed by atoms with Crippen LogP contribution in [0.2, 0.25) is 0 Å². The Bertz CT molecular complexity index is 984. The second-order valence-electron chi connectivity index (χ2n) is 8.00. The molecular formula is C21H22FN3O2. The first-order valence-electron chi connectivity index (χ1n) is 9.82. The van der Waals surface area contributed by atoms with E-state index in [-0.39, 0.29) is 29.2 Å². The predicted octanol–water partition coefficient (Wildman–Crippen LogP) is 2.89. The summed E-state index contributed by atoms with van der Waals surface area (Å²) < 4.78 is 14.5. The summed E-state index contributed by atoms with van der Waals surface area (Å²) in [5.74, 6) is -0.233. The topological polar surface area (TPSA) is 66.1 Å². The van der Waals surface area contributed by atoms with Crippen LogP contribution in [0.4, 0.5) is 10.1 Å². The van der Waals surface area contributed by atoms with Crippen molar-refractivity contribution in [2.75, 3.05) is 4.90 Å². The number of benzene rings is 1. The van der Waals surface area contributed by atoms with Gasteiger partial charge in [-0.2, -0.15) is 5.10 Å². The Morgan fingerprint density at radius 2 is 1.96 bits per heavy atom. The molecule has 2 fully saturated rings. The Balaban J connectivity index is 1.49. The van der Waals surface area contributed by atoms with Gasteiger partial charge in [-0.1, -0.05) is 6.07 Å². The van der Waals surface area contributed by atoms with Crippen molar-refractivity contribution < 1.29 is 9.18 Å². The summed E-state index contributed by atoms with van der Waals surface area (Å²) in [5.41, 5.74) is 3.97. The van der Waals surface area contributed by atoms with E-state index in [1.165, 1.54) is 6.07 Å². The lowest BCUT2D eigenvalue weighted by atomic mass is 9.90. The maximum atomic E-state index is 14.5. The highest BCUT2D eigenvalue weighted by Gasteiger charge is 2.46. The van der Waals surface area contributed by atoms with Crippen LogP contribution in [-0.4, -0.2) is 22.1 Å². The Labute approximate surface area is 156 Å². The van der Waals surface area contributed by atoms with Crippen LogP contribution >= 0.6 is 0 Å². The molecule has 1 N–H and O–H groups in total. The van der Waals surface area contributed by atoms with E-state index in [1.807, 2.05) is 0 Å². The summed E-state index contributed by atoms with van der Waals surface area (Å²) in [7, 11) is 0. The molecule has 1 aliphatic heterocycles. The Kier molecular flexibility index (Phi) is 3.88. The molecule has 3 aliphatic rings. The minimum Gasteiger partial charge on any atom is -0.306 e. The molecule has 2 aromatic rings. The van der Waals surface area contributed by atoms with Gasteiger partial charge in [0.25, 0.3) is 5.56 Å². The van der Waals surface area contributed by atoms with Crippen LogP contribution < -0.4 is 10.5 Å². The van der Waals surface area contributed by atoms with Crippen molar-refractivity contribution in [2.24, 2.45) is 5.92 Å². The van der Waals surface area contributed by atoms with Crippen LogP contribution in [0.25, 0.3) is 0 Å². The number of carbonyl (C=O) groups is 1. The van der Waals surface area contributed by atoms with E-state index >= 15 is 0 Å². The maximum Gasteiger partial charge on any atom is 0.267 e. The Morgan fingerprint density at radius 1 is 1.15 bits per heavy atom. The molecule has 2 heterocycles. The molecule has 5 rings (SSSR count). The largest absolute Gasteiger partial charge is 0.306 e. The van der Waals surface area contributed by atoms with E-state index in [1.54, 1.807) is 17.0 Å². The van der Waals surface area contributed by atoms with Crippen LogP contribution in [0.3, 0.4) is 0 Å². The number of anilines is 1. The molecule has 2 aliphatic carbocycles. The lowest BCUT2D eigenvalue weighted by molar-refractivity contribution is -0.121. The van der Waals surface area contributed by atoms with Gasteiger partial charge in [-0.3, -0.25) is 9.59 Å². The molecule has 0 radical (unpaired) electrons. The van der Waals surface area contributed by atoms with Gasteiger partial charge in [-0.15, -0.1) is 0 Å². The van der Waals surface area contributed by atoms with E-state index < -0.39 is 0 Å². The van der Waals surface area contributed by atoms with Crippen molar-refractivity contribution in [2.45, 2.75) is 57.4 Å². The smallest absolute Gasteiger partial charge is 0.267 e. The SMILES string of the molecule is O=C1C2CCC(C2)N1c1cc(Cc2n[nH]c(=O)c3c2CCCC3)ccc1F. The molecule has 1 aromatic heterocycles. The average molecular weight is 367 g/mol. The third-order valence-electron chi connectivity index (χ3n) is 6.38. The van der Waals surface area contributed by atoms with Gasteiger partial charge in [0.2, 0.25) is 5.91 Å². The molecule has 5 nitrogen and oxygen atoms in total. The third-order valence-corrected chi connectivity index (χ3v) is 6.38. The number of piperidine rings is 1. The summed E-state index contributed by atoms with van der Waals surface area (Å²) in [6.45, 7) is 0. The molecule has 27 heavy (non-hydrogen) atoms. The summed E-state index contributed by atoms with van der Waals surface area (Å²) in [5, 5.41) is 6.89. The summed E-state index contributed by atoms with van der Waals surface area (Å²) in [6, 6.07) is 5.11. The Hall–Kier alpha value is -2.50. The number of nitrogens with zero attached hydrogens (tertiary/aromatic N) is 2. The highest BCUT2D eigenvalue weighted by Crippen LogP contribution is 2.42. The number of amides is 1. The van der Waals surface area contributed by atoms with Crippen molar-refractivity contribution >= 4 is 11.6 Å². The first kappa shape index (κ1) is 16.7. The number of hydrogen-bond donors (Lipinski definition) is 1. The van der Waals surface area contributed by atoms with E-state index in [0.29, 0.717) is 12.1 Å². The van der Waals surface area contributed by atoms with Crippen LogP contribution in [-0.2, 0) is 24.1 Å². The number of hydrogen-bond acceptors (Lipinski definition) is 3. The Morgan fingerprint density at radius 3 is 2.74 bits per heavy atom. The fourth-order valence-electron chi connectivity index (χ4n) is 5.03. The molecule has 0 spiro atoms. The highest BCUT2D eigenvalue weighted by molar-refractivity contribution is 5.99. The van der Waals surface area contributed by atoms with Gasteiger partial charge < -0.3 is 4.90 Å². The number of rotatable bonds is 3. The number of fused-ring (bicyclic) bond motifs is 3. The van der Waals surface area contributed by atoms with E-state index in [4.69, 9.17) is 0 Å². The van der Waals surface area contributed by atoms with E-state index in [2.05, 4.69) is 10.2 Å². The fraction of sp³-hybridized carbons (Fsp3) is 0.476. The van der Waals surface area contributed by atoms with Gasteiger partial charge in [0.1, 0.15) is 5.82 Å². The number of carbonyl (C=O) groups excluding carboxylic acids is 1. The number of nitrogens with one attached hydrogen (secondary N) is 1. The van der Waals surface area contributed by atoms with Gasteiger partial charge in [-0.05, 0) is 68.2 Å². The van der Waals surface area contributed by atoms with Gasteiger partial charge in [0, 0.05) is 23.9 Å². The van der Waals surface area contributed by atoms with Crippen molar-refractivity contribution in [1.29, 1.82) is 0 Å². The third kappa shape index (κ3) is 2.69. The molecule has 1 aromatic carbocycles. The molecule has 2 bridgehead atoms. The van der Waals surface area contributed by atoms with E-state index in [9.17, 15) is 14.0 Å². The van der Waals surface area contributed by atoms with Crippen LogP contribution in [0.1, 0.15) is 54.5 Å². The van der Waals surface area contributed by atoms with Gasteiger partial charge in [-0.25, -0.2) is 9.49 Å². The lowest BCUT2D eigenvalue weighted by Crippen LogP contribution is -2.37. The van der Waals surface area contributed by atoms with E-state index in [0.717, 1.165) is 67.3 Å². The predicted molar refractivity (Wildman–Crippen MR) is 99.3 cm³/mol. The zero-order valence-electron chi connectivity index (χ0n) is 15.1. The van der Waals surface area contributed by atoms with Crippen molar-refractivity contribution in [3.8, 4) is 0 Å². The van der Waals surface area contributed by atoms with Gasteiger partial charge in [0.05, 0.1) is 11.4 Å². The molecular weight excluding hydrogens is 345 g/mol. The second-order valence-corrected chi connectivity index (χ2v) is 8.00. The molecule has 1 amide bonds. The maximum absolute atomic E-state index is 14.5. The first-order chi connectivity index (χ1) is 13.1. The molecule has 1 saturated carbocycles. The second kappa shape index (κ2) is 6.29. The molecule has 1 saturated heterocycles. The van der Waals surface area contributed by atoms with Crippen molar-refractivity contribution in [1.82, 2.24) is 10.2 Å². The summed E-state index contributed by atoms with van der Waals surface area (Å²) in [6.07, 6.45) is 7.00. The van der Waals surface area contributed by atoms with Crippen molar-refractivity contribution in [3.63, 3.8) is 0 Å². The first-order valence-corrected chi connectivity index (χ1v) is 9.82.